The van der Waals surface area contributed by atoms with Crippen LogP contribution in [-0.4, -0.2) is 52.1 Å². The van der Waals surface area contributed by atoms with Gasteiger partial charge in [-0.2, -0.15) is 9.78 Å². The summed E-state index contributed by atoms with van der Waals surface area (Å²) in [6.07, 6.45) is 2.18. The molecule has 2 aromatic heterocycles. The van der Waals surface area contributed by atoms with Crippen LogP contribution in [0.4, 0.5) is 5.82 Å². The number of anilines is 1. The first-order valence-electron chi connectivity index (χ1n) is 12.5. The molecule has 0 unspecified atom stereocenters. The Labute approximate surface area is 224 Å². The Morgan fingerprint density at radius 2 is 1.85 bits per heavy atom. The first-order valence-corrected chi connectivity index (χ1v) is 12.5. The Morgan fingerprint density at radius 3 is 2.56 bits per heavy atom. The molecule has 0 fully saturated rings. The van der Waals surface area contributed by atoms with Gasteiger partial charge >= 0.3 is 0 Å². The van der Waals surface area contributed by atoms with E-state index in [0.717, 1.165) is 11.3 Å². The quantitative estimate of drug-likeness (QED) is 0.247. The Morgan fingerprint density at radius 1 is 1.10 bits per heavy atom. The van der Waals surface area contributed by atoms with Gasteiger partial charge in [0.25, 0.3) is 5.91 Å². The second-order valence-electron chi connectivity index (χ2n) is 8.72. The van der Waals surface area contributed by atoms with Crippen molar-refractivity contribution in [3.8, 4) is 17.2 Å². The van der Waals surface area contributed by atoms with Crippen LogP contribution in [0.15, 0.2) is 71.8 Å². The van der Waals surface area contributed by atoms with Gasteiger partial charge in [-0.05, 0) is 66.9 Å². The summed E-state index contributed by atoms with van der Waals surface area (Å²) < 4.78 is 12.1. The standard InChI is InChI=1S/C29H28N6O4/c1-3-39-24-16-19(10-13-23(24)36)17-32-35-27(30)25(26-28(35)34-22-7-5-4-6-21(22)33-26)29(37)31-15-14-18-8-11-20(38-2)12-9-18/h4-13,16-17,36H,3,14-15,30H2,1-2H3,(H,31,37). The van der Waals surface area contributed by atoms with Crippen LogP contribution < -0.4 is 20.5 Å². The Balaban J connectivity index is 1.48. The minimum atomic E-state index is -0.368. The van der Waals surface area contributed by atoms with Crippen LogP contribution in [0, 0.1) is 0 Å². The highest BCUT2D eigenvalue weighted by atomic mass is 16.5. The second-order valence-corrected chi connectivity index (χ2v) is 8.72. The number of carbonyl (C=O) groups is 1. The van der Waals surface area contributed by atoms with Crippen LogP contribution >= 0.6 is 0 Å². The maximum Gasteiger partial charge on any atom is 0.257 e. The van der Waals surface area contributed by atoms with E-state index in [2.05, 4.69) is 10.4 Å². The number of benzene rings is 3. The zero-order chi connectivity index (χ0) is 27.4. The van der Waals surface area contributed by atoms with Gasteiger partial charge in [-0.1, -0.05) is 24.3 Å². The molecule has 0 radical (unpaired) electrons. The van der Waals surface area contributed by atoms with Gasteiger partial charge in [-0.3, -0.25) is 4.79 Å². The molecule has 4 N–H and O–H groups in total. The van der Waals surface area contributed by atoms with Gasteiger partial charge in [-0.15, -0.1) is 0 Å². The summed E-state index contributed by atoms with van der Waals surface area (Å²) in [7, 11) is 1.62. The molecule has 0 saturated heterocycles. The normalized spacial score (nSPS) is 11.3. The highest BCUT2D eigenvalue weighted by Gasteiger charge is 2.24. The van der Waals surface area contributed by atoms with Crippen molar-refractivity contribution in [3.05, 3.63) is 83.4 Å². The van der Waals surface area contributed by atoms with E-state index in [1.165, 1.54) is 10.7 Å². The predicted molar refractivity (Wildman–Crippen MR) is 151 cm³/mol. The van der Waals surface area contributed by atoms with Crippen LogP contribution in [-0.2, 0) is 6.42 Å². The van der Waals surface area contributed by atoms with Crippen molar-refractivity contribution in [1.82, 2.24) is 20.0 Å². The number of hydrogen-bond acceptors (Lipinski definition) is 8. The number of phenols is 1. The van der Waals surface area contributed by atoms with Gasteiger partial charge in [0.15, 0.2) is 17.1 Å². The van der Waals surface area contributed by atoms with Crippen LogP contribution in [0.1, 0.15) is 28.4 Å². The van der Waals surface area contributed by atoms with Crippen molar-refractivity contribution < 1.29 is 19.4 Å². The van der Waals surface area contributed by atoms with Crippen molar-refractivity contribution in [1.29, 1.82) is 0 Å². The molecule has 198 valence electrons. The number of fused-ring (bicyclic) bond motifs is 2. The molecule has 0 aliphatic heterocycles. The molecule has 39 heavy (non-hydrogen) atoms. The number of nitrogens with one attached hydrogen (secondary N) is 1. The number of methoxy groups -OCH3 is 1. The van der Waals surface area contributed by atoms with Gasteiger partial charge < -0.3 is 25.6 Å². The lowest BCUT2D eigenvalue weighted by Gasteiger charge is -2.07. The summed E-state index contributed by atoms with van der Waals surface area (Å²) >= 11 is 0. The van der Waals surface area contributed by atoms with Gasteiger partial charge in [-0.25, -0.2) is 9.97 Å². The number of para-hydroxylation sites is 2. The number of rotatable bonds is 9. The van der Waals surface area contributed by atoms with Crippen molar-refractivity contribution in [2.24, 2.45) is 5.10 Å². The zero-order valence-electron chi connectivity index (χ0n) is 21.6. The van der Waals surface area contributed by atoms with E-state index in [1.54, 1.807) is 25.5 Å². The lowest BCUT2D eigenvalue weighted by molar-refractivity contribution is 0.0956. The van der Waals surface area contributed by atoms with Crippen LogP contribution in [0.3, 0.4) is 0 Å². The highest BCUT2D eigenvalue weighted by molar-refractivity contribution is 6.10. The van der Waals surface area contributed by atoms with Crippen LogP contribution in [0.25, 0.3) is 22.2 Å². The SMILES string of the molecule is CCOc1cc(C=Nn2c(N)c(C(=O)NCCc3ccc(OC)cc3)c3nc4ccccc4nc32)ccc1O. The molecule has 0 aliphatic carbocycles. The van der Waals surface area contributed by atoms with Crippen LogP contribution in [0.5, 0.6) is 17.2 Å². The number of amides is 1. The highest BCUT2D eigenvalue weighted by Crippen LogP contribution is 2.29. The first kappa shape index (κ1) is 25.5. The minimum Gasteiger partial charge on any atom is -0.504 e. The molecule has 0 aliphatic rings. The number of nitrogens with two attached hydrogens (primary N) is 1. The molecule has 0 saturated carbocycles. The number of nitrogen functional groups attached to an aromatic ring is 1. The molecule has 5 rings (SSSR count). The van der Waals surface area contributed by atoms with Gasteiger partial charge in [0, 0.05) is 6.54 Å². The maximum atomic E-state index is 13.4. The van der Waals surface area contributed by atoms with Crippen LogP contribution in [0.2, 0.25) is 0 Å². The summed E-state index contributed by atoms with van der Waals surface area (Å²) in [5.74, 6) is 0.895. The van der Waals surface area contributed by atoms with Crippen molar-refractivity contribution in [2.75, 3.05) is 26.0 Å². The third-order valence-electron chi connectivity index (χ3n) is 6.17. The average Bonchev–Trinajstić information content (AvgIpc) is 3.22. The largest absolute Gasteiger partial charge is 0.504 e. The molecule has 0 spiro atoms. The van der Waals surface area contributed by atoms with Crippen molar-refractivity contribution in [2.45, 2.75) is 13.3 Å². The predicted octanol–water partition coefficient (Wildman–Crippen LogP) is 4.13. The summed E-state index contributed by atoms with van der Waals surface area (Å²) in [6.45, 7) is 2.64. The topological polar surface area (TPSA) is 137 Å². The molecule has 2 heterocycles. The Kier molecular flexibility index (Phi) is 7.26. The van der Waals surface area contributed by atoms with Gasteiger partial charge in [0.05, 0.1) is 31.0 Å². The van der Waals surface area contributed by atoms with E-state index in [-0.39, 0.29) is 23.0 Å². The van der Waals surface area contributed by atoms with E-state index in [4.69, 9.17) is 25.2 Å². The fourth-order valence-corrected chi connectivity index (χ4v) is 4.20. The minimum absolute atomic E-state index is 0.0332. The van der Waals surface area contributed by atoms with E-state index in [9.17, 15) is 9.90 Å². The molecule has 3 aromatic carbocycles. The fourth-order valence-electron chi connectivity index (χ4n) is 4.20. The molecular weight excluding hydrogens is 496 g/mol. The lowest BCUT2D eigenvalue weighted by Crippen LogP contribution is -2.26. The molecule has 0 bridgehead atoms. The first-order chi connectivity index (χ1) is 19.0. The summed E-state index contributed by atoms with van der Waals surface area (Å²) in [6, 6.07) is 19.9. The molecule has 1 amide bonds. The van der Waals surface area contributed by atoms with Crippen molar-refractivity contribution >= 4 is 40.1 Å². The van der Waals surface area contributed by atoms with Crippen molar-refractivity contribution in [3.63, 3.8) is 0 Å². The van der Waals surface area contributed by atoms with E-state index in [0.29, 0.717) is 53.1 Å². The summed E-state index contributed by atoms with van der Waals surface area (Å²) in [5, 5.41) is 17.5. The summed E-state index contributed by atoms with van der Waals surface area (Å²) in [4.78, 5) is 22.8. The number of carbonyl (C=O) groups excluding carboxylic acids is 1. The molecule has 10 nitrogen and oxygen atoms in total. The third-order valence-corrected chi connectivity index (χ3v) is 6.17. The summed E-state index contributed by atoms with van der Waals surface area (Å²) in [5.41, 5.74) is 10.4. The molecule has 5 aromatic rings. The zero-order valence-corrected chi connectivity index (χ0v) is 21.6. The third kappa shape index (κ3) is 5.30. The number of ether oxygens (including phenoxy) is 2. The smallest absolute Gasteiger partial charge is 0.257 e. The fraction of sp³-hybridized carbons (Fsp3) is 0.172. The Bertz CT molecular complexity index is 1680. The number of aromatic nitrogens is 3. The number of hydrogen-bond donors (Lipinski definition) is 3. The molecular formula is C29H28N6O4. The molecule has 10 heteroatoms. The monoisotopic (exact) mass is 524 g/mol. The lowest BCUT2D eigenvalue weighted by atomic mass is 10.1. The second kappa shape index (κ2) is 11.1. The molecule has 0 atom stereocenters. The number of nitrogens with zero attached hydrogens (tertiary/aromatic N) is 4. The van der Waals surface area contributed by atoms with Gasteiger partial charge in [0.2, 0.25) is 0 Å². The van der Waals surface area contributed by atoms with E-state index >= 15 is 0 Å². The van der Waals surface area contributed by atoms with Gasteiger partial charge in [0.1, 0.15) is 22.6 Å². The number of phenolic OH excluding ortho intramolecular Hbond substituents is 1. The Hall–Kier alpha value is -5.12. The average molecular weight is 525 g/mol. The maximum absolute atomic E-state index is 13.4. The van der Waals surface area contributed by atoms with E-state index in [1.807, 2.05) is 55.5 Å². The number of aromatic hydroxyl groups is 1. The van der Waals surface area contributed by atoms with E-state index < -0.39 is 0 Å².